The van der Waals surface area contributed by atoms with Crippen molar-refractivity contribution in [3.8, 4) is 0 Å². The van der Waals surface area contributed by atoms with Crippen molar-refractivity contribution in [2.24, 2.45) is 5.92 Å². The van der Waals surface area contributed by atoms with Gasteiger partial charge in [0.15, 0.2) is 0 Å². The third-order valence-corrected chi connectivity index (χ3v) is 6.33. The molecule has 1 aliphatic rings. The van der Waals surface area contributed by atoms with Crippen LogP contribution in [0.2, 0.25) is 0 Å². The molecular weight excluding hydrogens is 380 g/mol. The first-order chi connectivity index (χ1) is 14.1. The highest BCUT2D eigenvalue weighted by Gasteiger charge is 2.41. The second-order valence-electron chi connectivity index (χ2n) is 7.41. The number of thiophene rings is 1. The van der Waals surface area contributed by atoms with Crippen molar-refractivity contribution in [2.75, 3.05) is 4.90 Å². The fourth-order valence-electron chi connectivity index (χ4n) is 3.88. The summed E-state index contributed by atoms with van der Waals surface area (Å²) >= 11 is 1.59. The fraction of sp³-hybridized carbons (Fsp3) is 0.250. The average molecular weight is 405 g/mol. The van der Waals surface area contributed by atoms with Gasteiger partial charge in [-0.3, -0.25) is 9.59 Å². The molecule has 0 spiro atoms. The van der Waals surface area contributed by atoms with Gasteiger partial charge in [0, 0.05) is 23.5 Å². The maximum Gasteiger partial charge on any atom is 0.227 e. The number of piperidine rings is 1. The highest BCUT2D eigenvalue weighted by Crippen LogP contribution is 2.41. The maximum absolute atomic E-state index is 13.2. The molecule has 0 radical (unpaired) electrons. The first-order valence-corrected chi connectivity index (χ1v) is 10.8. The van der Waals surface area contributed by atoms with Crippen molar-refractivity contribution in [1.82, 2.24) is 5.32 Å². The van der Waals surface area contributed by atoms with E-state index < -0.39 is 0 Å². The van der Waals surface area contributed by atoms with Gasteiger partial charge < -0.3 is 10.2 Å². The Kier molecular flexibility index (Phi) is 5.76. The van der Waals surface area contributed by atoms with Crippen LogP contribution in [0.15, 0.2) is 72.1 Å². The Balaban J connectivity index is 1.62. The molecule has 2 amide bonds. The minimum absolute atomic E-state index is 0.00290. The smallest absolute Gasteiger partial charge is 0.227 e. The molecule has 4 nitrogen and oxygen atoms in total. The molecular formula is C24H24N2O2S. The molecule has 1 aromatic heterocycles. The lowest BCUT2D eigenvalue weighted by Crippen LogP contribution is -2.48. The summed E-state index contributed by atoms with van der Waals surface area (Å²) in [7, 11) is 0. The molecule has 1 fully saturated rings. The highest BCUT2D eigenvalue weighted by atomic mass is 32.1. The molecule has 29 heavy (non-hydrogen) atoms. The molecule has 1 saturated heterocycles. The maximum atomic E-state index is 13.2. The number of benzene rings is 2. The van der Waals surface area contributed by atoms with Crippen LogP contribution in [0.4, 0.5) is 5.69 Å². The molecule has 2 heterocycles. The largest absolute Gasteiger partial charge is 0.352 e. The number of rotatable bonds is 5. The van der Waals surface area contributed by atoms with E-state index in [4.69, 9.17) is 0 Å². The zero-order chi connectivity index (χ0) is 20.2. The predicted molar refractivity (Wildman–Crippen MR) is 117 cm³/mol. The van der Waals surface area contributed by atoms with Crippen LogP contribution in [-0.4, -0.2) is 11.8 Å². The molecule has 2 aromatic carbocycles. The molecule has 0 unspecified atom stereocenters. The molecule has 5 heteroatoms. The minimum atomic E-state index is -0.283. The van der Waals surface area contributed by atoms with Crippen LogP contribution < -0.4 is 10.2 Å². The highest BCUT2D eigenvalue weighted by molar-refractivity contribution is 7.10. The summed E-state index contributed by atoms with van der Waals surface area (Å²) < 4.78 is 0. The van der Waals surface area contributed by atoms with Gasteiger partial charge >= 0.3 is 0 Å². The second-order valence-corrected chi connectivity index (χ2v) is 8.39. The van der Waals surface area contributed by atoms with Crippen molar-refractivity contribution in [2.45, 2.75) is 32.4 Å². The number of aryl methyl sites for hydroxylation is 1. The number of amides is 2. The molecule has 0 aliphatic carbocycles. The number of nitrogens with one attached hydrogen (secondary N) is 1. The van der Waals surface area contributed by atoms with Crippen LogP contribution in [0.3, 0.4) is 0 Å². The Morgan fingerprint density at radius 1 is 1.07 bits per heavy atom. The summed E-state index contributed by atoms with van der Waals surface area (Å²) in [5.74, 6) is -0.215. The van der Waals surface area contributed by atoms with Crippen molar-refractivity contribution >= 4 is 28.8 Å². The third kappa shape index (κ3) is 4.25. The van der Waals surface area contributed by atoms with Crippen LogP contribution in [0.25, 0.3) is 0 Å². The average Bonchev–Trinajstić information content (AvgIpc) is 3.28. The second kappa shape index (κ2) is 8.62. The van der Waals surface area contributed by atoms with Crippen LogP contribution in [0, 0.1) is 12.8 Å². The minimum Gasteiger partial charge on any atom is -0.352 e. The standard InChI is InChI=1S/C24H24N2O2S/c1-17-9-11-19(12-10-17)26-22(27)14-13-20(23(26)21-8-5-15-29-21)24(28)25-16-18-6-3-2-4-7-18/h2-12,15,20,23H,13-14,16H2,1H3,(H,25,28)/t20-,23-/m0/s1. The SMILES string of the molecule is Cc1ccc(N2C(=O)CC[C@H](C(=O)NCc3ccccc3)[C@H]2c2cccs2)cc1. The lowest BCUT2D eigenvalue weighted by molar-refractivity contribution is -0.129. The Morgan fingerprint density at radius 2 is 1.83 bits per heavy atom. The van der Waals surface area contributed by atoms with Gasteiger partial charge in [0.25, 0.3) is 0 Å². The van der Waals surface area contributed by atoms with Gasteiger partial charge in [-0.1, -0.05) is 54.1 Å². The number of carbonyl (C=O) groups excluding carboxylic acids is 2. The number of carbonyl (C=O) groups is 2. The summed E-state index contributed by atoms with van der Waals surface area (Å²) in [6, 6.07) is 21.6. The van der Waals surface area contributed by atoms with E-state index in [0.29, 0.717) is 19.4 Å². The van der Waals surface area contributed by atoms with Gasteiger partial charge in [-0.05, 0) is 42.5 Å². The predicted octanol–water partition coefficient (Wildman–Crippen LogP) is 4.86. The lowest BCUT2D eigenvalue weighted by atomic mass is 9.86. The third-order valence-electron chi connectivity index (χ3n) is 5.39. The number of hydrogen-bond donors (Lipinski definition) is 1. The number of nitrogens with zero attached hydrogens (tertiary/aromatic N) is 1. The Hall–Kier alpha value is -2.92. The Labute approximate surface area is 175 Å². The van der Waals surface area contributed by atoms with Crippen LogP contribution >= 0.6 is 11.3 Å². The van der Waals surface area contributed by atoms with E-state index in [1.165, 1.54) is 0 Å². The zero-order valence-electron chi connectivity index (χ0n) is 16.4. The fourth-order valence-corrected chi connectivity index (χ4v) is 4.76. The summed E-state index contributed by atoms with van der Waals surface area (Å²) in [4.78, 5) is 29.0. The van der Waals surface area contributed by atoms with Gasteiger partial charge in [-0.15, -0.1) is 11.3 Å². The van der Waals surface area contributed by atoms with Crippen molar-refractivity contribution < 1.29 is 9.59 Å². The monoisotopic (exact) mass is 404 g/mol. The number of anilines is 1. The quantitative estimate of drug-likeness (QED) is 0.660. The molecule has 1 aliphatic heterocycles. The van der Waals surface area contributed by atoms with E-state index >= 15 is 0 Å². The van der Waals surface area contributed by atoms with Crippen LogP contribution in [0.1, 0.15) is 34.9 Å². The molecule has 148 valence electrons. The normalized spacial score (nSPS) is 19.2. The first-order valence-electron chi connectivity index (χ1n) is 9.87. The molecule has 3 aromatic rings. The van der Waals surface area contributed by atoms with Gasteiger partial charge in [-0.25, -0.2) is 0 Å². The van der Waals surface area contributed by atoms with E-state index in [-0.39, 0.29) is 23.8 Å². The van der Waals surface area contributed by atoms with Gasteiger partial charge in [-0.2, -0.15) is 0 Å². The van der Waals surface area contributed by atoms with Crippen molar-refractivity contribution in [1.29, 1.82) is 0 Å². The summed E-state index contributed by atoms with van der Waals surface area (Å²) in [5.41, 5.74) is 3.05. The summed E-state index contributed by atoms with van der Waals surface area (Å²) in [5, 5.41) is 5.08. The van der Waals surface area contributed by atoms with Crippen molar-refractivity contribution in [3.63, 3.8) is 0 Å². The van der Waals surface area contributed by atoms with E-state index in [2.05, 4.69) is 5.32 Å². The summed E-state index contributed by atoms with van der Waals surface area (Å²) in [6.45, 7) is 2.52. The lowest BCUT2D eigenvalue weighted by Gasteiger charge is -2.40. The number of hydrogen-bond acceptors (Lipinski definition) is 3. The zero-order valence-corrected chi connectivity index (χ0v) is 17.2. The van der Waals surface area contributed by atoms with E-state index in [0.717, 1.165) is 21.7 Å². The molecule has 1 N–H and O–H groups in total. The van der Waals surface area contributed by atoms with Crippen LogP contribution in [-0.2, 0) is 16.1 Å². The molecule has 2 atom stereocenters. The van der Waals surface area contributed by atoms with Crippen LogP contribution in [0.5, 0.6) is 0 Å². The van der Waals surface area contributed by atoms with Gasteiger partial charge in [0.1, 0.15) is 0 Å². The molecule has 4 rings (SSSR count). The first kappa shape index (κ1) is 19.4. The van der Waals surface area contributed by atoms with Crippen molar-refractivity contribution in [3.05, 3.63) is 88.1 Å². The molecule has 0 saturated carbocycles. The van der Waals surface area contributed by atoms with Gasteiger partial charge in [0.2, 0.25) is 11.8 Å². The summed E-state index contributed by atoms with van der Waals surface area (Å²) in [6.07, 6.45) is 0.934. The Bertz CT molecular complexity index is 968. The molecule has 0 bridgehead atoms. The van der Waals surface area contributed by atoms with Gasteiger partial charge in [0.05, 0.1) is 12.0 Å². The van der Waals surface area contributed by atoms with E-state index in [1.807, 2.05) is 83.9 Å². The Morgan fingerprint density at radius 3 is 2.52 bits per heavy atom. The van der Waals surface area contributed by atoms with E-state index in [1.54, 1.807) is 11.3 Å². The topological polar surface area (TPSA) is 49.4 Å². The van der Waals surface area contributed by atoms with E-state index in [9.17, 15) is 9.59 Å².